The number of aliphatic carboxylic acids is 1. The second-order valence-electron chi connectivity index (χ2n) is 5.90. The number of halogens is 1. The fraction of sp³-hybridized carbons (Fsp3) is 0.111. The maximum absolute atomic E-state index is 13.2. The molecule has 27 heavy (non-hydrogen) atoms. The van der Waals surface area contributed by atoms with Crippen molar-refractivity contribution in [2.75, 3.05) is 0 Å². The summed E-state index contributed by atoms with van der Waals surface area (Å²) in [4.78, 5) is 10.9. The molecule has 3 rings (SSSR count). The average molecular weight is 389 g/mol. The number of carbonyl (C=O) groups is 1. The third-order valence-corrected chi connectivity index (χ3v) is 4.95. The summed E-state index contributed by atoms with van der Waals surface area (Å²) in [5.41, 5.74) is 3.00. The highest BCUT2D eigenvalue weighted by molar-refractivity contribution is 7.89. The van der Waals surface area contributed by atoms with Crippen LogP contribution in [0.5, 0.6) is 0 Å². The molecule has 4 N–H and O–H groups in total. The molecular formula is C18H16FN3O4S. The number of sulfonamides is 1. The Hall–Kier alpha value is -3.04. The number of rotatable bonds is 6. The van der Waals surface area contributed by atoms with Crippen LogP contribution in [0.25, 0.3) is 22.4 Å². The summed E-state index contributed by atoms with van der Waals surface area (Å²) in [5, 5.41) is 21.2. The summed E-state index contributed by atoms with van der Waals surface area (Å²) in [6, 6.07) is 11.6. The summed E-state index contributed by atoms with van der Waals surface area (Å²) in [6.45, 7) is 0. The quantitative estimate of drug-likeness (QED) is 0.597. The number of nitrogens with one attached hydrogen (secondary N) is 1. The van der Waals surface area contributed by atoms with E-state index in [-0.39, 0.29) is 23.6 Å². The standard InChI is InChI=1S/C18H16FN3O4S/c19-13-5-1-12(2-6-13)18-17(15(21-22-18)9-10-16(23)24)11-3-7-14(8-4-11)27(20,25)26/h1-8H,9-10H2,(H,21,22)(H,23,24)(H2,20,25,26). The third kappa shape index (κ3) is 4.21. The molecule has 0 fully saturated rings. The van der Waals surface area contributed by atoms with Gasteiger partial charge in [-0.05, 0) is 42.0 Å². The molecule has 7 nitrogen and oxygen atoms in total. The van der Waals surface area contributed by atoms with Crippen molar-refractivity contribution < 1.29 is 22.7 Å². The maximum Gasteiger partial charge on any atom is 0.303 e. The number of aromatic amines is 1. The van der Waals surface area contributed by atoms with Crippen molar-refractivity contribution in [3.63, 3.8) is 0 Å². The molecule has 0 aliphatic rings. The molecule has 140 valence electrons. The Labute approximate surface area is 154 Å². The Kier molecular flexibility index (Phi) is 5.06. The molecule has 1 aromatic heterocycles. The highest BCUT2D eigenvalue weighted by Gasteiger charge is 2.18. The van der Waals surface area contributed by atoms with Crippen molar-refractivity contribution in [1.29, 1.82) is 0 Å². The number of carboxylic acid groups (broad SMARTS) is 1. The lowest BCUT2D eigenvalue weighted by Crippen LogP contribution is -2.11. The van der Waals surface area contributed by atoms with Crippen LogP contribution in [-0.4, -0.2) is 29.7 Å². The van der Waals surface area contributed by atoms with Crippen molar-refractivity contribution in [3.05, 3.63) is 60.0 Å². The van der Waals surface area contributed by atoms with Crippen LogP contribution in [0.1, 0.15) is 12.1 Å². The minimum Gasteiger partial charge on any atom is -0.481 e. The Morgan fingerprint density at radius 1 is 1.07 bits per heavy atom. The predicted molar refractivity (Wildman–Crippen MR) is 96.7 cm³/mol. The van der Waals surface area contributed by atoms with Crippen LogP contribution in [0.15, 0.2) is 53.4 Å². The molecule has 0 spiro atoms. The molecule has 0 bridgehead atoms. The van der Waals surface area contributed by atoms with E-state index in [1.807, 2.05) is 0 Å². The van der Waals surface area contributed by atoms with Crippen LogP contribution in [0.4, 0.5) is 4.39 Å². The van der Waals surface area contributed by atoms with Gasteiger partial charge in [0.1, 0.15) is 11.5 Å². The first kappa shape index (κ1) is 18.7. The summed E-state index contributed by atoms with van der Waals surface area (Å²) in [5.74, 6) is -1.34. The maximum atomic E-state index is 13.2. The van der Waals surface area contributed by atoms with Gasteiger partial charge in [0.2, 0.25) is 10.0 Å². The van der Waals surface area contributed by atoms with Crippen LogP contribution < -0.4 is 5.14 Å². The number of aryl methyl sites for hydroxylation is 1. The molecule has 1 heterocycles. The van der Waals surface area contributed by atoms with E-state index in [1.54, 1.807) is 24.3 Å². The molecule has 0 aliphatic carbocycles. The van der Waals surface area contributed by atoms with Gasteiger partial charge in [0.05, 0.1) is 11.3 Å². The average Bonchev–Trinajstić information content (AvgIpc) is 3.04. The van der Waals surface area contributed by atoms with Crippen LogP contribution >= 0.6 is 0 Å². The first-order chi connectivity index (χ1) is 12.8. The monoisotopic (exact) mass is 389 g/mol. The second-order valence-corrected chi connectivity index (χ2v) is 7.46. The van der Waals surface area contributed by atoms with Crippen LogP contribution in [0.2, 0.25) is 0 Å². The molecule has 0 atom stereocenters. The number of primary sulfonamides is 1. The molecule has 0 aliphatic heterocycles. The number of nitrogens with zero attached hydrogens (tertiary/aromatic N) is 1. The third-order valence-electron chi connectivity index (χ3n) is 4.02. The van der Waals surface area contributed by atoms with Gasteiger partial charge >= 0.3 is 5.97 Å². The Balaban J connectivity index is 2.11. The number of benzene rings is 2. The zero-order valence-electron chi connectivity index (χ0n) is 14.0. The van der Waals surface area contributed by atoms with Gasteiger partial charge in [0.25, 0.3) is 0 Å². The van der Waals surface area contributed by atoms with Crippen molar-refractivity contribution in [2.24, 2.45) is 5.14 Å². The lowest BCUT2D eigenvalue weighted by molar-refractivity contribution is -0.136. The van der Waals surface area contributed by atoms with Gasteiger partial charge in [-0.25, -0.2) is 17.9 Å². The van der Waals surface area contributed by atoms with Crippen molar-refractivity contribution in [1.82, 2.24) is 10.2 Å². The SMILES string of the molecule is NS(=O)(=O)c1ccc(-c2c(-c3ccc(F)cc3)n[nH]c2CCC(=O)O)cc1. The molecular weight excluding hydrogens is 373 g/mol. The number of hydrogen-bond donors (Lipinski definition) is 3. The lowest BCUT2D eigenvalue weighted by Gasteiger charge is -2.07. The summed E-state index contributed by atoms with van der Waals surface area (Å²) >= 11 is 0. The van der Waals surface area contributed by atoms with E-state index in [2.05, 4.69) is 10.2 Å². The zero-order chi connectivity index (χ0) is 19.6. The number of H-pyrrole nitrogens is 1. The highest BCUT2D eigenvalue weighted by Crippen LogP contribution is 2.34. The summed E-state index contributed by atoms with van der Waals surface area (Å²) in [6.07, 6.45) is 0.100. The molecule has 2 aromatic carbocycles. The normalized spacial score (nSPS) is 11.5. The Morgan fingerprint density at radius 2 is 1.67 bits per heavy atom. The highest BCUT2D eigenvalue weighted by atomic mass is 32.2. The van der Waals surface area contributed by atoms with Crippen LogP contribution in [0.3, 0.4) is 0 Å². The first-order valence-corrected chi connectivity index (χ1v) is 9.48. The van der Waals surface area contributed by atoms with Crippen molar-refractivity contribution in [2.45, 2.75) is 17.7 Å². The minimum atomic E-state index is -3.83. The van der Waals surface area contributed by atoms with Gasteiger partial charge in [-0.2, -0.15) is 5.10 Å². The Bertz CT molecular complexity index is 1070. The molecule has 0 unspecified atom stereocenters. The van der Waals surface area contributed by atoms with E-state index in [0.29, 0.717) is 28.1 Å². The van der Waals surface area contributed by atoms with Crippen molar-refractivity contribution in [3.8, 4) is 22.4 Å². The number of hydrogen-bond acceptors (Lipinski definition) is 4. The van der Waals surface area contributed by atoms with Gasteiger partial charge in [0.15, 0.2) is 0 Å². The van der Waals surface area contributed by atoms with Gasteiger partial charge in [-0.3, -0.25) is 9.89 Å². The number of nitrogens with two attached hydrogens (primary N) is 1. The fourth-order valence-electron chi connectivity index (χ4n) is 2.73. The van der Waals surface area contributed by atoms with Gasteiger partial charge in [-0.1, -0.05) is 12.1 Å². The summed E-state index contributed by atoms with van der Waals surface area (Å²) in [7, 11) is -3.83. The molecule has 0 saturated carbocycles. The Morgan fingerprint density at radius 3 is 2.22 bits per heavy atom. The van der Waals surface area contributed by atoms with Gasteiger partial charge < -0.3 is 5.11 Å². The van der Waals surface area contributed by atoms with E-state index < -0.39 is 16.0 Å². The van der Waals surface area contributed by atoms with E-state index in [0.717, 1.165) is 0 Å². The molecule has 9 heteroatoms. The lowest BCUT2D eigenvalue weighted by atomic mass is 9.97. The van der Waals surface area contributed by atoms with Gasteiger partial charge in [0, 0.05) is 23.2 Å². The fourth-order valence-corrected chi connectivity index (χ4v) is 3.25. The topological polar surface area (TPSA) is 126 Å². The molecule has 0 radical (unpaired) electrons. The minimum absolute atomic E-state index is 0.0369. The van der Waals surface area contributed by atoms with E-state index in [1.165, 1.54) is 24.3 Å². The predicted octanol–water partition coefficient (Wildman–Crippen LogP) is 2.55. The van der Waals surface area contributed by atoms with Crippen LogP contribution in [-0.2, 0) is 21.2 Å². The second kappa shape index (κ2) is 7.29. The van der Waals surface area contributed by atoms with E-state index >= 15 is 0 Å². The number of aromatic nitrogens is 2. The molecule has 0 amide bonds. The first-order valence-electron chi connectivity index (χ1n) is 7.94. The van der Waals surface area contributed by atoms with E-state index in [4.69, 9.17) is 10.2 Å². The molecule has 3 aromatic rings. The van der Waals surface area contributed by atoms with Crippen LogP contribution in [0, 0.1) is 5.82 Å². The largest absolute Gasteiger partial charge is 0.481 e. The molecule has 0 saturated heterocycles. The van der Waals surface area contributed by atoms with E-state index in [9.17, 15) is 17.6 Å². The summed E-state index contributed by atoms with van der Waals surface area (Å²) < 4.78 is 36.1. The van der Waals surface area contributed by atoms with Crippen molar-refractivity contribution >= 4 is 16.0 Å². The smallest absolute Gasteiger partial charge is 0.303 e. The van der Waals surface area contributed by atoms with Gasteiger partial charge in [-0.15, -0.1) is 0 Å². The number of carboxylic acids is 1. The zero-order valence-corrected chi connectivity index (χ0v) is 14.8.